The van der Waals surface area contributed by atoms with E-state index in [1.807, 2.05) is 41.5 Å². The molecule has 27 heavy (non-hydrogen) atoms. The first-order chi connectivity index (χ1) is 12.5. The lowest BCUT2D eigenvalue weighted by molar-refractivity contribution is -0.156. The van der Waals surface area contributed by atoms with Crippen LogP contribution in [0.3, 0.4) is 0 Å². The van der Waals surface area contributed by atoms with E-state index < -0.39 is 10.3 Å². The van der Waals surface area contributed by atoms with Gasteiger partial charge in [-0.25, -0.2) is 4.98 Å². The summed E-state index contributed by atoms with van der Waals surface area (Å²) in [7, 11) is 0. The second-order valence-electron chi connectivity index (χ2n) is 8.10. The summed E-state index contributed by atoms with van der Waals surface area (Å²) in [5, 5.41) is 4.58. The van der Waals surface area contributed by atoms with Crippen LogP contribution in [-0.2, 0) is 22.6 Å². The number of nitrogens with zero attached hydrogens (tertiary/aromatic N) is 1. The van der Waals surface area contributed by atoms with Crippen molar-refractivity contribution < 1.29 is 9.53 Å². The Balaban J connectivity index is 1.89. The van der Waals surface area contributed by atoms with Gasteiger partial charge in [-0.3, -0.25) is 4.79 Å². The molecule has 0 spiro atoms. The van der Waals surface area contributed by atoms with Crippen LogP contribution in [0.4, 0.5) is 0 Å². The minimum atomic E-state index is -0.630. The van der Waals surface area contributed by atoms with Crippen molar-refractivity contribution in [3.8, 4) is 0 Å². The normalized spacial score (nSPS) is 12.3. The van der Waals surface area contributed by atoms with Crippen LogP contribution < -0.4 is 5.32 Å². The number of esters is 1. The minimum absolute atomic E-state index is 0.194. The van der Waals surface area contributed by atoms with Gasteiger partial charge in [-0.1, -0.05) is 12.1 Å². The van der Waals surface area contributed by atoms with Crippen LogP contribution in [0.1, 0.15) is 55.8 Å². The van der Waals surface area contributed by atoms with Gasteiger partial charge < -0.3 is 10.1 Å². The van der Waals surface area contributed by atoms with E-state index in [-0.39, 0.29) is 5.97 Å². The maximum absolute atomic E-state index is 12.4. The Labute approximate surface area is 171 Å². The molecule has 2 rings (SSSR count). The predicted molar refractivity (Wildman–Crippen MR) is 114 cm³/mol. The van der Waals surface area contributed by atoms with Gasteiger partial charge in [0.05, 0.1) is 10.7 Å². The Hall–Kier alpha value is -1.37. The average Bonchev–Trinajstić information content (AvgIpc) is 2.85. The number of hydrogen-bond donors (Lipinski definition) is 1. The van der Waals surface area contributed by atoms with Crippen molar-refractivity contribution in [1.82, 2.24) is 10.3 Å². The van der Waals surface area contributed by atoms with E-state index in [2.05, 4.69) is 41.5 Å². The highest BCUT2D eigenvalue weighted by Gasteiger charge is 2.33. The fourth-order valence-corrected chi connectivity index (χ4v) is 4.36. The topological polar surface area (TPSA) is 51.2 Å². The first kappa shape index (κ1) is 21.9. The molecule has 148 valence electrons. The molecule has 0 bridgehead atoms. The van der Waals surface area contributed by atoms with Crippen molar-refractivity contribution in [2.45, 2.75) is 76.8 Å². The van der Waals surface area contributed by atoms with Gasteiger partial charge in [0.1, 0.15) is 10.3 Å². The number of rotatable bonds is 7. The lowest BCUT2D eigenvalue weighted by atomic mass is 10.1. The highest BCUT2D eigenvalue weighted by molar-refractivity contribution is 8.01. The average molecular weight is 407 g/mol. The number of thioether (sulfide) groups is 1. The van der Waals surface area contributed by atoms with Gasteiger partial charge >= 0.3 is 5.97 Å². The standard InChI is InChI=1S/C21H30N2O2S2/c1-14-18(26-15(2)23-14)13-22-12-16-8-10-17(11-9-16)27-21(6,7)19(24)25-20(3,4)5/h8-11,22H,12-13H2,1-7H3. The Kier molecular flexibility index (Phi) is 7.11. The van der Waals surface area contributed by atoms with E-state index in [9.17, 15) is 4.79 Å². The molecule has 0 aliphatic carbocycles. The number of carbonyl (C=O) groups is 1. The largest absolute Gasteiger partial charge is 0.459 e. The second-order valence-corrected chi connectivity index (χ2v) is 11.1. The fraction of sp³-hybridized carbons (Fsp3) is 0.524. The van der Waals surface area contributed by atoms with E-state index in [4.69, 9.17) is 4.74 Å². The number of hydrogen-bond acceptors (Lipinski definition) is 6. The quantitative estimate of drug-likeness (QED) is 0.502. The molecule has 1 aromatic heterocycles. The molecule has 0 saturated carbocycles. The molecule has 0 fully saturated rings. The summed E-state index contributed by atoms with van der Waals surface area (Å²) in [5.74, 6) is -0.194. The van der Waals surface area contributed by atoms with Crippen molar-refractivity contribution in [3.05, 3.63) is 45.4 Å². The molecule has 6 heteroatoms. The number of aromatic nitrogens is 1. The summed E-state index contributed by atoms with van der Waals surface area (Å²) in [6.45, 7) is 15.2. The third-order valence-corrected chi connectivity index (χ3v) is 6.06. The third kappa shape index (κ3) is 6.94. The molecule has 0 radical (unpaired) electrons. The number of ether oxygens (including phenoxy) is 1. The summed E-state index contributed by atoms with van der Waals surface area (Å²) in [6.07, 6.45) is 0. The Bertz CT molecular complexity index is 774. The van der Waals surface area contributed by atoms with Crippen molar-refractivity contribution in [2.24, 2.45) is 0 Å². The number of aryl methyl sites for hydroxylation is 2. The third-order valence-electron chi connectivity index (χ3n) is 3.80. The van der Waals surface area contributed by atoms with Crippen LogP contribution >= 0.6 is 23.1 Å². The van der Waals surface area contributed by atoms with E-state index in [1.54, 1.807) is 11.3 Å². The zero-order valence-electron chi connectivity index (χ0n) is 17.3. The van der Waals surface area contributed by atoms with Crippen LogP contribution in [0.15, 0.2) is 29.2 Å². The lowest BCUT2D eigenvalue weighted by Crippen LogP contribution is -2.36. The Morgan fingerprint density at radius 3 is 2.26 bits per heavy atom. The number of carbonyl (C=O) groups excluding carboxylic acids is 1. The summed E-state index contributed by atoms with van der Waals surface area (Å²) >= 11 is 3.27. The fourth-order valence-electron chi connectivity index (χ4n) is 2.47. The van der Waals surface area contributed by atoms with Gasteiger partial charge in [-0.2, -0.15) is 0 Å². The second kappa shape index (κ2) is 8.76. The van der Waals surface area contributed by atoms with Crippen molar-refractivity contribution in [1.29, 1.82) is 0 Å². The first-order valence-electron chi connectivity index (χ1n) is 9.11. The van der Waals surface area contributed by atoms with Gasteiger partial charge in [0, 0.05) is 22.9 Å². The smallest absolute Gasteiger partial charge is 0.322 e. The SMILES string of the molecule is Cc1nc(C)c(CNCc2ccc(SC(C)(C)C(=O)OC(C)(C)C)cc2)s1. The number of benzene rings is 1. The summed E-state index contributed by atoms with van der Waals surface area (Å²) in [5.41, 5.74) is 1.86. The van der Waals surface area contributed by atoms with E-state index in [0.717, 1.165) is 28.7 Å². The molecule has 0 aliphatic heterocycles. The van der Waals surface area contributed by atoms with Gasteiger partial charge in [0.15, 0.2) is 0 Å². The van der Waals surface area contributed by atoms with Crippen LogP contribution in [-0.4, -0.2) is 21.3 Å². The van der Waals surface area contributed by atoms with Gasteiger partial charge in [-0.15, -0.1) is 23.1 Å². The molecule has 0 unspecified atom stereocenters. The Morgan fingerprint density at radius 1 is 1.11 bits per heavy atom. The van der Waals surface area contributed by atoms with Gasteiger partial charge in [-0.05, 0) is 66.2 Å². The molecular formula is C21H30N2O2S2. The zero-order chi connectivity index (χ0) is 20.2. The number of thiazole rings is 1. The van der Waals surface area contributed by atoms with E-state index in [0.29, 0.717) is 0 Å². The highest BCUT2D eigenvalue weighted by Crippen LogP contribution is 2.34. The predicted octanol–water partition coefficient (Wildman–Crippen LogP) is 5.26. The molecule has 2 aromatic rings. The van der Waals surface area contributed by atoms with Crippen LogP contribution in [0, 0.1) is 13.8 Å². The zero-order valence-corrected chi connectivity index (χ0v) is 18.9. The van der Waals surface area contributed by atoms with Crippen LogP contribution in [0.5, 0.6) is 0 Å². The summed E-state index contributed by atoms with van der Waals surface area (Å²) < 4.78 is 4.90. The molecule has 0 amide bonds. The maximum atomic E-state index is 12.4. The lowest BCUT2D eigenvalue weighted by Gasteiger charge is -2.28. The molecule has 1 N–H and O–H groups in total. The van der Waals surface area contributed by atoms with Gasteiger partial charge in [0.2, 0.25) is 0 Å². The van der Waals surface area contributed by atoms with Crippen LogP contribution in [0.2, 0.25) is 0 Å². The van der Waals surface area contributed by atoms with E-state index in [1.165, 1.54) is 22.2 Å². The first-order valence-corrected chi connectivity index (χ1v) is 10.7. The molecular weight excluding hydrogens is 376 g/mol. The molecule has 0 atom stereocenters. The molecule has 1 heterocycles. The minimum Gasteiger partial charge on any atom is -0.459 e. The number of nitrogens with one attached hydrogen (secondary N) is 1. The maximum Gasteiger partial charge on any atom is 0.322 e. The van der Waals surface area contributed by atoms with Crippen molar-refractivity contribution >= 4 is 29.1 Å². The van der Waals surface area contributed by atoms with Crippen molar-refractivity contribution in [3.63, 3.8) is 0 Å². The van der Waals surface area contributed by atoms with Gasteiger partial charge in [0.25, 0.3) is 0 Å². The molecule has 0 aliphatic rings. The summed E-state index contributed by atoms with van der Waals surface area (Å²) in [6, 6.07) is 8.34. The monoisotopic (exact) mass is 406 g/mol. The van der Waals surface area contributed by atoms with Crippen molar-refractivity contribution in [2.75, 3.05) is 0 Å². The molecule has 1 aromatic carbocycles. The van der Waals surface area contributed by atoms with Crippen LogP contribution in [0.25, 0.3) is 0 Å². The Morgan fingerprint density at radius 2 is 1.74 bits per heavy atom. The summed E-state index contributed by atoms with van der Waals surface area (Å²) in [4.78, 5) is 19.2. The van der Waals surface area contributed by atoms with E-state index >= 15 is 0 Å². The molecule has 4 nitrogen and oxygen atoms in total. The molecule has 0 saturated heterocycles. The highest BCUT2D eigenvalue weighted by atomic mass is 32.2.